The summed E-state index contributed by atoms with van der Waals surface area (Å²) in [5.74, 6) is -1.14. The first-order chi connectivity index (χ1) is 24.8. The van der Waals surface area contributed by atoms with Crippen molar-refractivity contribution in [2.45, 2.75) is 148 Å². The van der Waals surface area contributed by atoms with Crippen LogP contribution in [0, 0.1) is 0 Å². The highest BCUT2D eigenvalue weighted by atomic mass is 31.2. The van der Waals surface area contributed by atoms with Gasteiger partial charge in [0.1, 0.15) is 6.61 Å². The normalized spacial score (nSPS) is 14.2. The Hall–Kier alpha value is -2.55. The van der Waals surface area contributed by atoms with Gasteiger partial charge in [-0.2, -0.15) is 0 Å². The highest BCUT2D eigenvalue weighted by Gasteiger charge is 2.25. The molecule has 0 aliphatic heterocycles. The quantitative estimate of drug-likeness (QED) is 0.0163. The van der Waals surface area contributed by atoms with Crippen molar-refractivity contribution in [3.8, 4) is 0 Å². The van der Waals surface area contributed by atoms with Crippen molar-refractivity contribution >= 4 is 19.8 Å². The molecule has 0 aliphatic rings. The molecule has 0 amide bonds. The summed E-state index contributed by atoms with van der Waals surface area (Å²) in [6.45, 7) is 3.41. The van der Waals surface area contributed by atoms with E-state index in [4.69, 9.17) is 24.3 Å². The Morgan fingerprint density at radius 3 is 1.82 bits per heavy atom. The van der Waals surface area contributed by atoms with Crippen molar-refractivity contribution in [2.75, 3.05) is 26.4 Å². The third kappa shape index (κ3) is 37.0. The summed E-state index contributed by atoms with van der Waals surface area (Å²) in [6, 6.07) is 0. The topological polar surface area (TPSA) is 134 Å². The number of rotatable bonds is 35. The molecule has 0 aromatic rings. The number of ether oxygens (including phenoxy) is 2. The van der Waals surface area contributed by atoms with Gasteiger partial charge in [0.2, 0.25) is 0 Å². The molecule has 0 spiro atoms. The fourth-order valence-corrected chi connectivity index (χ4v) is 5.60. The van der Waals surface area contributed by atoms with E-state index in [2.05, 4.69) is 62.5 Å². The number of allylic oxidation sites excluding steroid dienone is 11. The summed E-state index contributed by atoms with van der Waals surface area (Å²) >= 11 is 0. The number of phosphoric ester groups is 1. The summed E-state index contributed by atoms with van der Waals surface area (Å²) in [6.07, 6.45) is 44.3. The first kappa shape index (κ1) is 48.5. The van der Waals surface area contributed by atoms with Gasteiger partial charge in [-0.25, -0.2) is 9.36 Å². The first-order valence-corrected chi connectivity index (χ1v) is 21.0. The SMILES string of the molecule is CC/C=C/C/C=C/C/C=C/C/C=C/CCCCC(=O)O[C@H](COC(=O)/C=C/C=C/CCCCCCCCCCCCC)COP(=O)(O)OCCN. The van der Waals surface area contributed by atoms with E-state index in [9.17, 15) is 19.0 Å². The van der Waals surface area contributed by atoms with Crippen LogP contribution in [0.1, 0.15) is 142 Å². The lowest BCUT2D eigenvalue weighted by Crippen LogP contribution is -2.29. The van der Waals surface area contributed by atoms with E-state index in [1.807, 2.05) is 12.2 Å². The number of unbranched alkanes of at least 4 members (excludes halogenated alkanes) is 13. The lowest BCUT2D eigenvalue weighted by molar-refractivity contribution is -0.159. The van der Waals surface area contributed by atoms with Gasteiger partial charge in [-0.3, -0.25) is 13.8 Å². The Morgan fingerprint density at radius 1 is 0.667 bits per heavy atom. The van der Waals surface area contributed by atoms with Crippen LogP contribution < -0.4 is 5.73 Å². The molecule has 10 heteroatoms. The molecule has 0 aromatic heterocycles. The smallest absolute Gasteiger partial charge is 0.458 e. The van der Waals surface area contributed by atoms with Gasteiger partial charge in [-0.1, -0.05) is 145 Å². The summed E-state index contributed by atoms with van der Waals surface area (Å²) in [4.78, 5) is 34.6. The van der Waals surface area contributed by atoms with Crippen molar-refractivity contribution in [3.63, 3.8) is 0 Å². The summed E-state index contributed by atoms with van der Waals surface area (Å²) in [5.41, 5.74) is 5.32. The van der Waals surface area contributed by atoms with Crippen LogP contribution in [0.3, 0.4) is 0 Å². The maximum Gasteiger partial charge on any atom is 0.472 e. The molecule has 2 atom stereocenters. The van der Waals surface area contributed by atoms with Gasteiger partial charge in [0.05, 0.1) is 13.2 Å². The molecule has 3 N–H and O–H groups in total. The molecule has 0 saturated carbocycles. The minimum atomic E-state index is -4.41. The number of esters is 2. The van der Waals surface area contributed by atoms with Crippen LogP contribution >= 0.6 is 7.82 Å². The zero-order chi connectivity index (χ0) is 37.5. The lowest BCUT2D eigenvalue weighted by atomic mass is 10.1. The van der Waals surface area contributed by atoms with Crippen LogP contribution in [0.5, 0.6) is 0 Å². The molecule has 0 rings (SSSR count). The molecule has 0 aromatic carbocycles. The minimum Gasteiger partial charge on any atom is -0.458 e. The van der Waals surface area contributed by atoms with Crippen molar-refractivity contribution < 1.29 is 37.6 Å². The van der Waals surface area contributed by atoms with Crippen LogP contribution in [0.15, 0.2) is 72.9 Å². The molecule has 1 unspecified atom stereocenters. The average Bonchev–Trinajstić information content (AvgIpc) is 3.11. The zero-order valence-corrected chi connectivity index (χ0v) is 32.7. The van der Waals surface area contributed by atoms with E-state index < -0.39 is 32.5 Å². The first-order valence-electron chi connectivity index (χ1n) is 19.5. The molecule has 0 heterocycles. The van der Waals surface area contributed by atoms with Gasteiger partial charge in [-0.15, -0.1) is 0 Å². The Bertz CT molecular complexity index is 1070. The maximum atomic E-state index is 12.5. The monoisotopic (exact) mass is 735 g/mol. The number of hydrogen-bond donors (Lipinski definition) is 2. The summed E-state index contributed by atoms with van der Waals surface area (Å²) < 4.78 is 32.4. The fraction of sp³-hybridized carbons (Fsp3) is 0.659. The van der Waals surface area contributed by atoms with Crippen LogP contribution in [0.25, 0.3) is 0 Å². The minimum absolute atomic E-state index is 0.0327. The Labute approximate surface area is 310 Å². The van der Waals surface area contributed by atoms with Gasteiger partial charge in [0.25, 0.3) is 0 Å². The predicted molar refractivity (Wildman–Crippen MR) is 210 cm³/mol. The number of carbonyl (C=O) groups is 2. The molecule has 51 heavy (non-hydrogen) atoms. The van der Waals surface area contributed by atoms with Crippen LogP contribution in [0.2, 0.25) is 0 Å². The highest BCUT2D eigenvalue weighted by Crippen LogP contribution is 2.43. The largest absolute Gasteiger partial charge is 0.472 e. The van der Waals surface area contributed by atoms with E-state index in [-0.39, 0.29) is 26.2 Å². The molecular weight excluding hydrogens is 665 g/mol. The summed E-state index contributed by atoms with van der Waals surface area (Å²) in [5, 5.41) is 0. The van der Waals surface area contributed by atoms with E-state index in [0.29, 0.717) is 6.42 Å². The number of phosphoric acid groups is 1. The standard InChI is InChI=1S/C41H70NO8P/c1-3-5-7-9-11-13-15-17-19-21-23-25-27-29-31-33-40(43)47-37-39(38-49-51(45,46)48-36-35-42)50-41(44)34-32-30-28-26-24-22-20-18-16-14-12-10-8-6-4-2/h6,8,12,14,18,20,24,26-27,29,31,33,39H,3-5,7,9-11,13,15-17,19,21-23,25,28,30,32,34-38,42H2,1-2H3,(H,45,46)/b8-6+,14-12+,20-18+,26-24+,29-27+,33-31+/t39-/m1/s1. The number of carbonyl (C=O) groups excluding carboxylic acids is 2. The lowest BCUT2D eigenvalue weighted by Gasteiger charge is -2.19. The van der Waals surface area contributed by atoms with Gasteiger partial charge in [-0.05, 0) is 57.8 Å². The molecular formula is C41H70NO8P. The summed E-state index contributed by atoms with van der Waals surface area (Å²) in [7, 11) is -4.41. The molecule has 0 bridgehead atoms. The van der Waals surface area contributed by atoms with Crippen LogP contribution in [-0.2, 0) is 32.7 Å². The van der Waals surface area contributed by atoms with Crippen molar-refractivity contribution in [1.82, 2.24) is 0 Å². The van der Waals surface area contributed by atoms with Crippen molar-refractivity contribution in [2.24, 2.45) is 5.73 Å². The van der Waals surface area contributed by atoms with Gasteiger partial charge in [0.15, 0.2) is 6.10 Å². The zero-order valence-electron chi connectivity index (χ0n) is 31.8. The number of nitrogens with two attached hydrogens (primary N) is 1. The van der Waals surface area contributed by atoms with E-state index >= 15 is 0 Å². The van der Waals surface area contributed by atoms with E-state index in [1.54, 1.807) is 6.08 Å². The Morgan fingerprint density at radius 2 is 1.22 bits per heavy atom. The average molecular weight is 736 g/mol. The molecule has 0 fully saturated rings. The van der Waals surface area contributed by atoms with Gasteiger partial charge < -0.3 is 20.1 Å². The Balaban J connectivity index is 4.41. The van der Waals surface area contributed by atoms with Gasteiger partial charge in [0, 0.05) is 19.0 Å². The highest BCUT2D eigenvalue weighted by molar-refractivity contribution is 7.47. The molecule has 9 nitrogen and oxygen atoms in total. The second-order valence-electron chi connectivity index (χ2n) is 12.5. The second kappa shape index (κ2) is 37.2. The van der Waals surface area contributed by atoms with E-state index in [0.717, 1.165) is 51.4 Å². The molecule has 0 aliphatic carbocycles. The van der Waals surface area contributed by atoms with Gasteiger partial charge >= 0.3 is 19.8 Å². The fourth-order valence-electron chi connectivity index (χ4n) is 4.83. The number of hydrogen-bond acceptors (Lipinski definition) is 8. The second-order valence-corrected chi connectivity index (χ2v) is 13.9. The van der Waals surface area contributed by atoms with E-state index in [1.165, 1.54) is 70.3 Å². The predicted octanol–water partition coefficient (Wildman–Crippen LogP) is 10.7. The van der Waals surface area contributed by atoms with Crippen LogP contribution in [-0.4, -0.2) is 49.3 Å². The molecule has 0 radical (unpaired) electrons. The maximum absolute atomic E-state index is 12.5. The molecule has 292 valence electrons. The molecule has 0 saturated heterocycles. The van der Waals surface area contributed by atoms with Crippen LogP contribution in [0.4, 0.5) is 0 Å². The Kier molecular flexibility index (Phi) is 35.4. The third-order valence-corrected chi connectivity index (χ3v) is 8.66. The van der Waals surface area contributed by atoms with Crippen molar-refractivity contribution in [1.29, 1.82) is 0 Å². The third-order valence-electron chi connectivity index (χ3n) is 7.68. The van der Waals surface area contributed by atoms with Crippen molar-refractivity contribution in [3.05, 3.63) is 72.9 Å².